The van der Waals surface area contributed by atoms with E-state index in [1.807, 2.05) is 38.1 Å². The molecule has 0 bridgehead atoms. The van der Waals surface area contributed by atoms with E-state index in [1.54, 1.807) is 11.8 Å². The third-order valence-corrected chi connectivity index (χ3v) is 3.27. The van der Waals surface area contributed by atoms with Crippen molar-refractivity contribution in [3.63, 3.8) is 0 Å². The number of ether oxygens (including phenoxy) is 1. The Hall–Kier alpha value is -1.88. The molecule has 0 spiro atoms. The normalized spacial score (nSPS) is 12.4. The first kappa shape index (κ1) is 14.5. The van der Waals surface area contributed by atoms with E-state index < -0.39 is 6.10 Å². The Bertz CT molecular complexity index is 549. The van der Waals surface area contributed by atoms with E-state index in [2.05, 4.69) is 10.1 Å². The molecular weight excluding hydrogens is 254 g/mol. The van der Waals surface area contributed by atoms with Crippen molar-refractivity contribution in [1.29, 1.82) is 0 Å². The van der Waals surface area contributed by atoms with Crippen molar-refractivity contribution in [2.45, 2.75) is 39.3 Å². The van der Waals surface area contributed by atoms with Crippen molar-refractivity contribution in [3.05, 3.63) is 41.5 Å². The van der Waals surface area contributed by atoms with Crippen molar-refractivity contribution in [3.8, 4) is 5.75 Å². The number of benzene rings is 1. The number of hydrogen-bond acceptors (Lipinski definition) is 4. The molecule has 0 aliphatic carbocycles. The quantitative estimate of drug-likeness (QED) is 0.877. The van der Waals surface area contributed by atoms with E-state index in [4.69, 9.17) is 4.74 Å². The van der Waals surface area contributed by atoms with E-state index in [-0.39, 0.29) is 0 Å². The molecule has 1 unspecified atom stereocenters. The summed E-state index contributed by atoms with van der Waals surface area (Å²) < 4.78 is 6.91. The molecular formula is C15H21N3O2. The number of aliphatic hydroxyl groups is 1. The summed E-state index contributed by atoms with van der Waals surface area (Å²) in [6.07, 6.45) is 1.01. The number of nitrogens with zero attached hydrogens (tertiary/aromatic N) is 3. The van der Waals surface area contributed by atoms with Crippen LogP contribution in [0.5, 0.6) is 5.75 Å². The Kier molecular flexibility index (Phi) is 4.74. The third kappa shape index (κ3) is 3.17. The van der Waals surface area contributed by atoms with E-state index >= 15 is 0 Å². The van der Waals surface area contributed by atoms with Crippen molar-refractivity contribution < 1.29 is 9.84 Å². The maximum atomic E-state index is 10.3. The molecule has 5 nitrogen and oxygen atoms in total. The number of aryl methyl sites for hydroxylation is 2. The second kappa shape index (κ2) is 6.52. The Balaban J connectivity index is 2.13. The number of methoxy groups -OCH3 is 1. The summed E-state index contributed by atoms with van der Waals surface area (Å²) in [6.45, 7) is 4.49. The van der Waals surface area contributed by atoms with Crippen LogP contribution in [0.3, 0.4) is 0 Å². The smallest absolute Gasteiger partial charge is 0.150 e. The molecule has 1 aromatic heterocycles. The van der Waals surface area contributed by atoms with Gasteiger partial charge < -0.3 is 9.84 Å². The Labute approximate surface area is 119 Å². The molecule has 0 radical (unpaired) electrons. The summed E-state index contributed by atoms with van der Waals surface area (Å²) >= 11 is 0. The predicted molar refractivity (Wildman–Crippen MR) is 76.7 cm³/mol. The Morgan fingerprint density at radius 2 is 1.90 bits per heavy atom. The molecule has 0 amide bonds. The van der Waals surface area contributed by atoms with E-state index in [1.165, 1.54) is 0 Å². The largest absolute Gasteiger partial charge is 0.497 e. The van der Waals surface area contributed by atoms with Crippen LogP contribution in [-0.2, 0) is 19.4 Å². The maximum absolute atomic E-state index is 10.3. The number of rotatable bonds is 6. The topological polar surface area (TPSA) is 60.2 Å². The van der Waals surface area contributed by atoms with Crippen LogP contribution in [0, 0.1) is 0 Å². The van der Waals surface area contributed by atoms with Crippen LogP contribution < -0.4 is 4.74 Å². The van der Waals surface area contributed by atoms with Gasteiger partial charge in [0, 0.05) is 12.8 Å². The fraction of sp³-hybridized carbons (Fsp3) is 0.467. The molecule has 0 saturated carbocycles. The van der Waals surface area contributed by atoms with E-state index in [0.717, 1.165) is 35.8 Å². The molecule has 1 atom stereocenters. The van der Waals surface area contributed by atoms with Crippen LogP contribution in [0.15, 0.2) is 24.3 Å². The first-order valence-corrected chi connectivity index (χ1v) is 6.92. The zero-order valence-corrected chi connectivity index (χ0v) is 12.2. The second-order valence-electron chi connectivity index (χ2n) is 4.62. The minimum atomic E-state index is -0.599. The van der Waals surface area contributed by atoms with E-state index in [0.29, 0.717) is 6.54 Å². The van der Waals surface area contributed by atoms with Gasteiger partial charge in [0.1, 0.15) is 11.6 Å². The predicted octanol–water partition coefficient (Wildman–Crippen LogP) is 2.15. The Morgan fingerprint density at radius 3 is 2.45 bits per heavy atom. The standard InChI is InChI=1S/C15H21N3O2/c1-4-14-16-15(5-2)18(17-14)10-13(19)11-6-8-12(20-3)9-7-11/h6-9,13,19H,4-5,10H2,1-3H3. The van der Waals surface area contributed by atoms with Crippen LogP contribution in [0.2, 0.25) is 0 Å². The first-order valence-electron chi connectivity index (χ1n) is 6.92. The van der Waals surface area contributed by atoms with Gasteiger partial charge in [-0.3, -0.25) is 0 Å². The summed E-state index contributed by atoms with van der Waals surface area (Å²) in [6, 6.07) is 7.43. The van der Waals surface area contributed by atoms with Crippen LogP contribution in [0.1, 0.15) is 37.2 Å². The first-order chi connectivity index (χ1) is 9.67. The second-order valence-corrected chi connectivity index (χ2v) is 4.62. The highest BCUT2D eigenvalue weighted by atomic mass is 16.5. The lowest BCUT2D eigenvalue weighted by Crippen LogP contribution is -2.12. The summed E-state index contributed by atoms with van der Waals surface area (Å²) in [5.74, 6) is 2.52. The Morgan fingerprint density at radius 1 is 1.20 bits per heavy atom. The van der Waals surface area contributed by atoms with Gasteiger partial charge >= 0.3 is 0 Å². The van der Waals surface area contributed by atoms with Gasteiger partial charge in [-0.2, -0.15) is 5.10 Å². The van der Waals surface area contributed by atoms with Crippen molar-refractivity contribution in [2.24, 2.45) is 0 Å². The molecule has 0 fully saturated rings. The third-order valence-electron chi connectivity index (χ3n) is 3.27. The zero-order chi connectivity index (χ0) is 14.5. The van der Waals surface area contributed by atoms with Gasteiger partial charge in [-0.1, -0.05) is 26.0 Å². The lowest BCUT2D eigenvalue weighted by atomic mass is 10.1. The molecule has 2 rings (SSSR count). The van der Waals surface area contributed by atoms with Gasteiger partial charge in [0.15, 0.2) is 5.82 Å². The average molecular weight is 275 g/mol. The molecule has 1 N–H and O–H groups in total. The maximum Gasteiger partial charge on any atom is 0.150 e. The van der Waals surface area contributed by atoms with Gasteiger partial charge in [0.05, 0.1) is 19.8 Å². The highest BCUT2D eigenvalue weighted by Gasteiger charge is 2.13. The minimum Gasteiger partial charge on any atom is -0.497 e. The van der Waals surface area contributed by atoms with Crippen molar-refractivity contribution in [1.82, 2.24) is 14.8 Å². The molecule has 1 aromatic carbocycles. The summed E-state index contributed by atoms with van der Waals surface area (Å²) in [5, 5.41) is 14.7. The molecule has 5 heteroatoms. The molecule has 0 aliphatic rings. The molecule has 2 aromatic rings. The van der Waals surface area contributed by atoms with Gasteiger partial charge in [-0.05, 0) is 17.7 Å². The van der Waals surface area contributed by atoms with Gasteiger partial charge in [-0.15, -0.1) is 0 Å². The number of aliphatic hydroxyl groups excluding tert-OH is 1. The van der Waals surface area contributed by atoms with Gasteiger partial charge in [0.2, 0.25) is 0 Å². The van der Waals surface area contributed by atoms with Crippen LogP contribution in [0.25, 0.3) is 0 Å². The van der Waals surface area contributed by atoms with Gasteiger partial charge in [0.25, 0.3) is 0 Å². The monoisotopic (exact) mass is 275 g/mol. The van der Waals surface area contributed by atoms with Crippen LogP contribution >= 0.6 is 0 Å². The number of hydrogen-bond donors (Lipinski definition) is 1. The SMILES string of the molecule is CCc1nc(CC)n(CC(O)c2ccc(OC)cc2)n1. The summed E-state index contributed by atoms with van der Waals surface area (Å²) in [5.41, 5.74) is 0.849. The summed E-state index contributed by atoms with van der Waals surface area (Å²) in [7, 11) is 1.63. The lowest BCUT2D eigenvalue weighted by molar-refractivity contribution is 0.150. The molecule has 20 heavy (non-hydrogen) atoms. The minimum absolute atomic E-state index is 0.419. The highest BCUT2D eigenvalue weighted by Crippen LogP contribution is 2.19. The summed E-state index contributed by atoms with van der Waals surface area (Å²) in [4.78, 5) is 4.44. The molecule has 108 valence electrons. The fourth-order valence-electron chi connectivity index (χ4n) is 2.08. The van der Waals surface area contributed by atoms with Gasteiger partial charge in [-0.25, -0.2) is 9.67 Å². The fourth-order valence-corrected chi connectivity index (χ4v) is 2.08. The zero-order valence-electron chi connectivity index (χ0n) is 12.2. The average Bonchev–Trinajstić information content (AvgIpc) is 2.89. The van der Waals surface area contributed by atoms with Crippen molar-refractivity contribution in [2.75, 3.05) is 7.11 Å². The number of aromatic nitrogens is 3. The van der Waals surface area contributed by atoms with Crippen LogP contribution in [0.4, 0.5) is 0 Å². The van der Waals surface area contributed by atoms with Crippen LogP contribution in [-0.4, -0.2) is 27.0 Å². The molecule has 0 saturated heterocycles. The lowest BCUT2D eigenvalue weighted by Gasteiger charge is -2.12. The van der Waals surface area contributed by atoms with E-state index in [9.17, 15) is 5.11 Å². The molecule has 1 heterocycles. The molecule has 0 aliphatic heterocycles. The highest BCUT2D eigenvalue weighted by molar-refractivity contribution is 5.28. The van der Waals surface area contributed by atoms with Crippen molar-refractivity contribution >= 4 is 0 Å².